The number of hydrogen-bond donors (Lipinski definition) is 2. The second-order valence-corrected chi connectivity index (χ2v) is 5.68. The van der Waals surface area contributed by atoms with Crippen LogP contribution in [0.3, 0.4) is 0 Å². The SMILES string of the molecule is CNS(=O)(=O)NC(=O)c1cccc2c1OC(C)C2. The van der Waals surface area contributed by atoms with Crippen molar-refractivity contribution in [2.75, 3.05) is 7.05 Å². The molecule has 0 spiro atoms. The van der Waals surface area contributed by atoms with E-state index in [9.17, 15) is 13.2 Å². The Morgan fingerprint density at radius 2 is 2.17 bits per heavy atom. The van der Waals surface area contributed by atoms with Gasteiger partial charge in [-0.15, -0.1) is 0 Å². The first-order chi connectivity index (χ1) is 8.43. The molecule has 1 aliphatic rings. The fourth-order valence-electron chi connectivity index (χ4n) is 1.84. The number of carbonyl (C=O) groups is 1. The monoisotopic (exact) mass is 270 g/mol. The van der Waals surface area contributed by atoms with Crippen molar-refractivity contribution in [3.8, 4) is 5.75 Å². The average Bonchev–Trinajstić information content (AvgIpc) is 2.68. The van der Waals surface area contributed by atoms with E-state index in [1.807, 2.05) is 22.4 Å². The number of nitrogens with one attached hydrogen (secondary N) is 2. The van der Waals surface area contributed by atoms with Crippen LogP contribution in [0.4, 0.5) is 0 Å². The zero-order valence-corrected chi connectivity index (χ0v) is 10.9. The minimum Gasteiger partial charge on any atom is -0.489 e. The fourth-order valence-corrected chi connectivity index (χ4v) is 2.30. The molecular weight excluding hydrogens is 256 g/mol. The van der Waals surface area contributed by atoms with E-state index >= 15 is 0 Å². The zero-order chi connectivity index (χ0) is 13.3. The molecular formula is C11H14N2O4S. The highest BCUT2D eigenvalue weighted by Crippen LogP contribution is 2.32. The third kappa shape index (κ3) is 2.46. The second kappa shape index (κ2) is 4.58. The predicted molar refractivity (Wildman–Crippen MR) is 65.7 cm³/mol. The summed E-state index contributed by atoms with van der Waals surface area (Å²) in [6.45, 7) is 1.89. The molecule has 0 fully saturated rings. The second-order valence-electron chi connectivity index (χ2n) is 4.07. The predicted octanol–water partition coefficient (Wildman–Crippen LogP) is 0.204. The standard InChI is InChI=1S/C11H14N2O4S/c1-7-6-8-4-3-5-9(10(8)17-7)11(14)13-18(15,16)12-2/h3-5,7,12H,6H2,1-2H3,(H,13,14). The van der Waals surface area contributed by atoms with E-state index in [1.165, 1.54) is 13.1 Å². The molecule has 98 valence electrons. The molecule has 1 unspecified atom stereocenters. The quantitative estimate of drug-likeness (QED) is 0.822. The molecule has 1 atom stereocenters. The Bertz CT molecular complexity index is 583. The topological polar surface area (TPSA) is 84.5 Å². The third-order valence-corrected chi connectivity index (χ3v) is 3.65. The van der Waals surface area contributed by atoms with Gasteiger partial charge in [0.05, 0.1) is 5.56 Å². The minimum atomic E-state index is -3.80. The molecule has 1 amide bonds. The van der Waals surface area contributed by atoms with Crippen LogP contribution in [0, 0.1) is 0 Å². The van der Waals surface area contributed by atoms with Crippen LogP contribution in [0.5, 0.6) is 5.75 Å². The van der Waals surface area contributed by atoms with Crippen LogP contribution in [0.1, 0.15) is 22.8 Å². The molecule has 0 aliphatic carbocycles. The van der Waals surface area contributed by atoms with Crippen molar-refractivity contribution in [2.45, 2.75) is 19.4 Å². The summed E-state index contributed by atoms with van der Waals surface area (Å²) in [6, 6.07) is 5.11. The summed E-state index contributed by atoms with van der Waals surface area (Å²) in [7, 11) is -2.58. The number of ether oxygens (including phenoxy) is 1. The minimum absolute atomic E-state index is 0.00476. The van der Waals surface area contributed by atoms with Crippen LogP contribution in [0.2, 0.25) is 0 Å². The highest BCUT2D eigenvalue weighted by Gasteiger charge is 2.26. The third-order valence-electron chi connectivity index (χ3n) is 2.66. The molecule has 2 N–H and O–H groups in total. The molecule has 0 bridgehead atoms. The van der Waals surface area contributed by atoms with E-state index in [1.54, 1.807) is 6.07 Å². The fraction of sp³-hybridized carbons (Fsp3) is 0.364. The molecule has 1 aromatic carbocycles. The van der Waals surface area contributed by atoms with Crippen molar-refractivity contribution < 1.29 is 17.9 Å². The van der Waals surface area contributed by atoms with Gasteiger partial charge in [-0.3, -0.25) is 4.79 Å². The van der Waals surface area contributed by atoms with Crippen LogP contribution in [0.25, 0.3) is 0 Å². The normalized spacial score (nSPS) is 18.0. The van der Waals surface area contributed by atoms with Gasteiger partial charge in [-0.05, 0) is 18.6 Å². The van der Waals surface area contributed by atoms with E-state index in [-0.39, 0.29) is 11.7 Å². The first kappa shape index (κ1) is 12.8. The number of rotatable bonds is 3. The van der Waals surface area contributed by atoms with Crippen LogP contribution < -0.4 is 14.2 Å². The molecule has 0 saturated heterocycles. The van der Waals surface area contributed by atoms with Crippen molar-refractivity contribution in [2.24, 2.45) is 0 Å². The van der Waals surface area contributed by atoms with Gasteiger partial charge in [0.1, 0.15) is 11.9 Å². The van der Waals surface area contributed by atoms with Crippen molar-refractivity contribution in [1.29, 1.82) is 0 Å². The smallest absolute Gasteiger partial charge is 0.301 e. The summed E-state index contributed by atoms with van der Waals surface area (Å²) < 4.78 is 32.0. The zero-order valence-electron chi connectivity index (χ0n) is 10.1. The Labute approximate surface area is 106 Å². The van der Waals surface area contributed by atoms with Gasteiger partial charge in [0.2, 0.25) is 0 Å². The van der Waals surface area contributed by atoms with Gasteiger partial charge >= 0.3 is 10.2 Å². The van der Waals surface area contributed by atoms with Crippen LogP contribution in [-0.4, -0.2) is 27.5 Å². The van der Waals surface area contributed by atoms with Gasteiger partial charge in [0.25, 0.3) is 5.91 Å². The maximum absolute atomic E-state index is 11.9. The van der Waals surface area contributed by atoms with Crippen molar-refractivity contribution in [3.63, 3.8) is 0 Å². The van der Waals surface area contributed by atoms with E-state index < -0.39 is 16.1 Å². The number of amides is 1. The van der Waals surface area contributed by atoms with Gasteiger partial charge in [-0.25, -0.2) is 9.44 Å². The summed E-state index contributed by atoms with van der Waals surface area (Å²) in [5, 5.41) is 0. The van der Waals surface area contributed by atoms with Crippen LogP contribution >= 0.6 is 0 Å². The van der Waals surface area contributed by atoms with E-state index in [4.69, 9.17) is 4.74 Å². The van der Waals surface area contributed by atoms with Crippen LogP contribution in [0.15, 0.2) is 18.2 Å². The Morgan fingerprint density at radius 3 is 2.83 bits per heavy atom. The van der Waals surface area contributed by atoms with Gasteiger partial charge in [0.15, 0.2) is 0 Å². The summed E-state index contributed by atoms with van der Waals surface area (Å²) in [5.41, 5.74) is 1.15. The average molecular weight is 270 g/mol. The lowest BCUT2D eigenvalue weighted by atomic mass is 10.1. The first-order valence-corrected chi connectivity index (χ1v) is 6.95. The van der Waals surface area contributed by atoms with Crippen molar-refractivity contribution >= 4 is 16.1 Å². The highest BCUT2D eigenvalue weighted by molar-refractivity contribution is 7.88. The van der Waals surface area contributed by atoms with E-state index in [0.717, 1.165) is 12.0 Å². The number of carbonyl (C=O) groups excluding carboxylic acids is 1. The Balaban J connectivity index is 2.31. The molecule has 1 aromatic rings. The number of benzene rings is 1. The van der Waals surface area contributed by atoms with Gasteiger partial charge in [-0.1, -0.05) is 12.1 Å². The largest absolute Gasteiger partial charge is 0.489 e. The summed E-state index contributed by atoms with van der Waals surface area (Å²) in [4.78, 5) is 11.9. The molecule has 0 radical (unpaired) electrons. The van der Waals surface area contributed by atoms with Crippen molar-refractivity contribution in [1.82, 2.24) is 9.44 Å². The van der Waals surface area contributed by atoms with Crippen LogP contribution in [-0.2, 0) is 16.6 Å². The first-order valence-electron chi connectivity index (χ1n) is 5.47. The number of para-hydroxylation sites is 1. The Kier molecular flexibility index (Phi) is 3.27. The summed E-state index contributed by atoms with van der Waals surface area (Å²) in [5.74, 6) is -0.232. The molecule has 0 aromatic heterocycles. The maximum atomic E-state index is 11.9. The summed E-state index contributed by atoms with van der Waals surface area (Å²) in [6.07, 6.45) is 0.713. The maximum Gasteiger partial charge on any atom is 0.301 e. The van der Waals surface area contributed by atoms with E-state index in [2.05, 4.69) is 0 Å². The molecule has 1 heterocycles. The lowest BCUT2D eigenvalue weighted by Crippen LogP contribution is -2.38. The molecule has 1 aliphatic heterocycles. The molecule has 6 nitrogen and oxygen atoms in total. The molecule has 2 rings (SSSR count). The summed E-state index contributed by atoms with van der Waals surface area (Å²) >= 11 is 0. The molecule has 7 heteroatoms. The molecule has 0 saturated carbocycles. The van der Waals surface area contributed by atoms with Gasteiger partial charge in [0, 0.05) is 13.5 Å². The number of hydrogen-bond acceptors (Lipinski definition) is 4. The Morgan fingerprint density at radius 1 is 1.44 bits per heavy atom. The lowest BCUT2D eigenvalue weighted by Gasteiger charge is -2.09. The highest BCUT2D eigenvalue weighted by atomic mass is 32.2. The lowest BCUT2D eigenvalue weighted by molar-refractivity contribution is 0.0976. The van der Waals surface area contributed by atoms with E-state index in [0.29, 0.717) is 5.75 Å². The van der Waals surface area contributed by atoms with Crippen molar-refractivity contribution in [3.05, 3.63) is 29.3 Å². The van der Waals surface area contributed by atoms with Gasteiger partial charge in [-0.2, -0.15) is 8.42 Å². The number of fused-ring (bicyclic) bond motifs is 1. The Hall–Kier alpha value is -1.60. The molecule has 18 heavy (non-hydrogen) atoms. The van der Waals surface area contributed by atoms with Gasteiger partial charge < -0.3 is 4.74 Å².